The Morgan fingerprint density at radius 1 is 1.26 bits per heavy atom. The Bertz CT molecular complexity index is 679. The molecule has 1 aromatic heterocycles. The Morgan fingerprint density at radius 2 is 1.96 bits per heavy atom. The van der Waals surface area contributed by atoms with Gasteiger partial charge in [0.2, 0.25) is 0 Å². The van der Waals surface area contributed by atoms with Gasteiger partial charge >= 0.3 is 0 Å². The highest BCUT2D eigenvalue weighted by Crippen LogP contribution is 2.36. The minimum Gasteiger partial charge on any atom is -0.328 e. The smallest absolute Gasteiger partial charge is 0.110 e. The molecule has 23 heavy (non-hydrogen) atoms. The fraction of sp³-hybridized carbons (Fsp3) is 0.444. The summed E-state index contributed by atoms with van der Waals surface area (Å²) in [4.78, 5) is 0. The zero-order valence-electron chi connectivity index (χ0n) is 13.6. The van der Waals surface area contributed by atoms with Crippen molar-refractivity contribution in [1.29, 1.82) is 5.26 Å². The molecule has 2 aromatic rings. The molecule has 4 nitrogen and oxygen atoms in total. The maximum absolute atomic E-state index is 9.53. The SMILES string of the molecule is CC.N#Cc1c(-c2cccc(Cl)c2)n[nH]c1C1CCC(N)CC1. The lowest BCUT2D eigenvalue weighted by atomic mass is 9.83. The van der Waals surface area contributed by atoms with Gasteiger partial charge in [0.15, 0.2) is 0 Å². The van der Waals surface area contributed by atoms with E-state index >= 15 is 0 Å². The monoisotopic (exact) mass is 330 g/mol. The highest BCUT2D eigenvalue weighted by molar-refractivity contribution is 6.30. The van der Waals surface area contributed by atoms with Crippen LogP contribution in [0.3, 0.4) is 0 Å². The first-order chi connectivity index (χ1) is 11.2. The van der Waals surface area contributed by atoms with Gasteiger partial charge in [-0.2, -0.15) is 10.4 Å². The van der Waals surface area contributed by atoms with Gasteiger partial charge in [-0.05, 0) is 37.8 Å². The summed E-state index contributed by atoms with van der Waals surface area (Å²) in [6.07, 6.45) is 4.02. The van der Waals surface area contributed by atoms with E-state index in [1.165, 1.54) is 0 Å². The van der Waals surface area contributed by atoms with Crippen molar-refractivity contribution in [3.05, 3.63) is 40.5 Å². The Labute approximate surface area is 142 Å². The Hall–Kier alpha value is -1.83. The molecule has 3 rings (SSSR count). The molecular weight excluding hydrogens is 308 g/mol. The summed E-state index contributed by atoms with van der Waals surface area (Å²) in [5, 5.41) is 17.6. The zero-order chi connectivity index (χ0) is 16.8. The van der Waals surface area contributed by atoms with Crippen LogP contribution in [-0.2, 0) is 0 Å². The predicted octanol–water partition coefficient (Wildman–Crippen LogP) is 4.61. The molecule has 1 aromatic carbocycles. The quantitative estimate of drug-likeness (QED) is 0.843. The highest BCUT2D eigenvalue weighted by atomic mass is 35.5. The minimum absolute atomic E-state index is 0.294. The Balaban J connectivity index is 0.000000924. The summed E-state index contributed by atoms with van der Waals surface area (Å²) in [5.74, 6) is 0.347. The van der Waals surface area contributed by atoms with Gasteiger partial charge in [0, 0.05) is 22.5 Å². The van der Waals surface area contributed by atoms with Crippen molar-refractivity contribution < 1.29 is 0 Å². The van der Waals surface area contributed by atoms with Crippen LogP contribution in [-0.4, -0.2) is 16.2 Å². The van der Waals surface area contributed by atoms with Crippen molar-refractivity contribution in [3.63, 3.8) is 0 Å². The van der Waals surface area contributed by atoms with Crippen LogP contribution < -0.4 is 5.73 Å². The molecule has 0 aliphatic heterocycles. The van der Waals surface area contributed by atoms with Crippen LogP contribution in [0.5, 0.6) is 0 Å². The van der Waals surface area contributed by atoms with Crippen molar-refractivity contribution in [2.75, 3.05) is 0 Å². The van der Waals surface area contributed by atoms with Crippen molar-refractivity contribution in [1.82, 2.24) is 10.2 Å². The van der Waals surface area contributed by atoms with E-state index in [1.54, 1.807) is 0 Å². The first-order valence-electron chi connectivity index (χ1n) is 8.19. The first-order valence-corrected chi connectivity index (χ1v) is 8.56. The molecule has 5 heteroatoms. The number of nitrogens with two attached hydrogens (primary N) is 1. The second kappa shape index (κ2) is 8.14. The van der Waals surface area contributed by atoms with Crippen LogP contribution in [0.25, 0.3) is 11.3 Å². The lowest BCUT2D eigenvalue weighted by Crippen LogP contribution is -2.26. The molecule has 1 heterocycles. The molecule has 0 spiro atoms. The summed E-state index contributed by atoms with van der Waals surface area (Å²) >= 11 is 6.03. The number of halogens is 1. The number of nitriles is 1. The van der Waals surface area contributed by atoms with E-state index in [4.69, 9.17) is 17.3 Å². The largest absolute Gasteiger partial charge is 0.328 e. The van der Waals surface area contributed by atoms with E-state index in [9.17, 15) is 5.26 Å². The number of rotatable bonds is 2. The van der Waals surface area contributed by atoms with Crippen LogP contribution in [0.15, 0.2) is 24.3 Å². The zero-order valence-corrected chi connectivity index (χ0v) is 14.4. The number of nitrogens with zero attached hydrogens (tertiary/aromatic N) is 2. The number of nitrogens with one attached hydrogen (secondary N) is 1. The molecule has 1 aliphatic carbocycles. The standard InChI is InChI=1S/C16H17ClN4.C2H6/c17-12-3-1-2-11(8-12)16-14(9-18)15(20-21-16)10-4-6-13(19)7-5-10;1-2/h1-3,8,10,13H,4-7,19H2,(H,20,21);1-2H3. The van der Waals surface area contributed by atoms with Gasteiger partial charge in [-0.25, -0.2) is 0 Å². The molecule has 0 unspecified atom stereocenters. The molecule has 0 atom stereocenters. The molecule has 1 fully saturated rings. The fourth-order valence-electron chi connectivity index (χ4n) is 3.02. The van der Waals surface area contributed by atoms with Crippen LogP contribution in [0.4, 0.5) is 0 Å². The van der Waals surface area contributed by atoms with Gasteiger partial charge in [0.05, 0.1) is 5.69 Å². The third-order valence-electron chi connectivity index (χ3n) is 4.18. The number of aromatic amines is 1. The van der Waals surface area contributed by atoms with E-state index < -0.39 is 0 Å². The Kier molecular flexibility index (Phi) is 6.20. The molecule has 0 saturated heterocycles. The van der Waals surface area contributed by atoms with Crippen LogP contribution in [0, 0.1) is 11.3 Å². The van der Waals surface area contributed by atoms with E-state index in [0.29, 0.717) is 28.2 Å². The molecule has 1 aliphatic rings. The van der Waals surface area contributed by atoms with Crippen LogP contribution >= 0.6 is 11.6 Å². The maximum atomic E-state index is 9.53. The van der Waals surface area contributed by atoms with Gasteiger partial charge in [-0.3, -0.25) is 5.10 Å². The van der Waals surface area contributed by atoms with Gasteiger partial charge in [-0.15, -0.1) is 0 Å². The van der Waals surface area contributed by atoms with Gasteiger partial charge in [0.1, 0.15) is 17.3 Å². The van der Waals surface area contributed by atoms with Crippen LogP contribution in [0.1, 0.15) is 56.7 Å². The van der Waals surface area contributed by atoms with E-state index in [-0.39, 0.29) is 0 Å². The highest BCUT2D eigenvalue weighted by Gasteiger charge is 2.26. The number of benzene rings is 1. The average molecular weight is 331 g/mol. The Morgan fingerprint density at radius 3 is 2.57 bits per heavy atom. The van der Waals surface area contributed by atoms with Crippen molar-refractivity contribution in [3.8, 4) is 17.3 Å². The maximum Gasteiger partial charge on any atom is 0.110 e. The third kappa shape index (κ3) is 3.93. The number of hydrogen-bond donors (Lipinski definition) is 2. The summed E-state index contributed by atoms with van der Waals surface area (Å²) in [6.45, 7) is 4.00. The molecule has 0 radical (unpaired) electrons. The van der Waals surface area contributed by atoms with Crippen molar-refractivity contribution in [2.24, 2.45) is 5.73 Å². The molecular formula is C18H23ClN4. The molecule has 0 bridgehead atoms. The van der Waals surface area contributed by atoms with E-state index in [2.05, 4.69) is 16.3 Å². The van der Waals surface area contributed by atoms with Crippen LogP contribution in [0.2, 0.25) is 5.02 Å². The van der Waals surface area contributed by atoms with Crippen molar-refractivity contribution >= 4 is 11.6 Å². The van der Waals surface area contributed by atoms with E-state index in [0.717, 1.165) is 36.9 Å². The van der Waals surface area contributed by atoms with Gasteiger partial charge in [-0.1, -0.05) is 37.6 Å². The topological polar surface area (TPSA) is 78.5 Å². The predicted molar refractivity (Wildman–Crippen MR) is 94.3 cm³/mol. The summed E-state index contributed by atoms with van der Waals surface area (Å²) < 4.78 is 0. The minimum atomic E-state index is 0.294. The summed E-state index contributed by atoms with van der Waals surface area (Å²) in [7, 11) is 0. The normalized spacial score (nSPS) is 20.3. The van der Waals surface area contributed by atoms with E-state index in [1.807, 2.05) is 38.1 Å². The molecule has 3 N–H and O–H groups in total. The first kappa shape index (κ1) is 17.5. The summed E-state index contributed by atoms with van der Waals surface area (Å²) in [6, 6.07) is 10.0. The number of aromatic nitrogens is 2. The second-order valence-corrected chi connectivity index (χ2v) is 6.03. The third-order valence-corrected chi connectivity index (χ3v) is 4.42. The van der Waals surface area contributed by atoms with Crippen molar-refractivity contribution in [2.45, 2.75) is 51.5 Å². The summed E-state index contributed by atoms with van der Waals surface area (Å²) in [5.41, 5.74) is 9.09. The molecule has 0 amide bonds. The van der Waals surface area contributed by atoms with Gasteiger partial charge in [0.25, 0.3) is 0 Å². The fourth-order valence-corrected chi connectivity index (χ4v) is 3.21. The second-order valence-electron chi connectivity index (χ2n) is 5.59. The lowest BCUT2D eigenvalue weighted by Gasteiger charge is -2.25. The molecule has 122 valence electrons. The number of H-pyrrole nitrogens is 1. The molecule has 1 saturated carbocycles. The number of hydrogen-bond acceptors (Lipinski definition) is 3. The lowest BCUT2D eigenvalue weighted by molar-refractivity contribution is 0.390. The van der Waals surface area contributed by atoms with Gasteiger partial charge < -0.3 is 5.73 Å². The average Bonchev–Trinajstić information content (AvgIpc) is 3.01.